The Morgan fingerprint density at radius 2 is 1.39 bits per heavy atom. The number of halogens is 2. The van der Waals surface area contributed by atoms with E-state index in [-0.39, 0.29) is 14.9 Å². The fourth-order valence-electron chi connectivity index (χ4n) is 9.91. The topological polar surface area (TPSA) is 0 Å². The van der Waals surface area contributed by atoms with Gasteiger partial charge in [0.15, 0.2) is 0 Å². The van der Waals surface area contributed by atoms with Crippen LogP contribution >= 0.6 is 17.0 Å². The molecule has 4 fully saturated rings. The second kappa shape index (κ2) is 13.7. The molecular weight excluding hydrogens is 591 g/mol. The molecule has 0 amide bonds. The molecule has 5 heteroatoms. The molecule has 0 spiro atoms. The molecule has 36 heavy (non-hydrogen) atoms. The molecule has 0 bridgehead atoms. The zero-order valence-corrected chi connectivity index (χ0v) is 30.5. The average Bonchev–Trinajstić information content (AvgIpc) is 3.51. The van der Waals surface area contributed by atoms with E-state index >= 15 is 0 Å². The molecule has 204 valence electrons. The van der Waals surface area contributed by atoms with Gasteiger partial charge in [0.05, 0.1) is 0 Å². The van der Waals surface area contributed by atoms with Gasteiger partial charge in [0.2, 0.25) is 0 Å². The molecule has 0 N–H and O–H groups in total. The molecule has 4 aliphatic carbocycles. The number of benzene rings is 1. The Balaban J connectivity index is 0.000000871. The van der Waals surface area contributed by atoms with Gasteiger partial charge >= 0.3 is 37.9 Å². The summed E-state index contributed by atoms with van der Waals surface area (Å²) < 4.78 is 0. The summed E-state index contributed by atoms with van der Waals surface area (Å²) in [4.78, 5) is 0. The average molecular weight is 645 g/mol. The van der Waals surface area contributed by atoms with Gasteiger partial charge in [-0.1, -0.05) is 102 Å². The molecule has 0 saturated heterocycles. The van der Waals surface area contributed by atoms with Crippen molar-refractivity contribution in [3.05, 3.63) is 50.7 Å². The summed E-state index contributed by atoms with van der Waals surface area (Å²) in [6, 6.07) is 11.8. The first kappa shape index (κ1) is 33.3. The van der Waals surface area contributed by atoms with E-state index in [0.29, 0.717) is 0 Å². The van der Waals surface area contributed by atoms with Gasteiger partial charge in [0.1, 0.15) is 0 Å². The van der Waals surface area contributed by atoms with Crippen LogP contribution in [0, 0.1) is 50.4 Å². The SMILES string of the molecule is CC1CCC([Si](C)(C)[Si](C)(C)C2C(C)CC3C2CC2CCCC2C3c2ccccc2)C1.[CH3-].[CH3-].[Cl][Zr+2][Cl]. The second-order valence-electron chi connectivity index (χ2n) is 13.7. The van der Waals surface area contributed by atoms with Crippen molar-refractivity contribution in [2.24, 2.45) is 35.5 Å². The molecule has 4 saturated carbocycles. The minimum absolute atomic E-state index is 0. The quantitative estimate of drug-likeness (QED) is 0.226. The van der Waals surface area contributed by atoms with Crippen molar-refractivity contribution in [1.82, 2.24) is 0 Å². The van der Waals surface area contributed by atoms with E-state index in [0.717, 1.165) is 52.5 Å². The number of hydrogen-bond donors (Lipinski definition) is 0. The van der Waals surface area contributed by atoms with Gasteiger partial charge in [-0.3, -0.25) is 0 Å². The van der Waals surface area contributed by atoms with Crippen molar-refractivity contribution in [2.45, 2.75) is 108 Å². The summed E-state index contributed by atoms with van der Waals surface area (Å²) in [5.41, 5.74) is 3.90. The van der Waals surface area contributed by atoms with E-state index in [1.54, 1.807) is 24.8 Å². The van der Waals surface area contributed by atoms with Crippen molar-refractivity contribution in [3.63, 3.8) is 0 Å². The van der Waals surface area contributed by atoms with Gasteiger partial charge in [-0.05, 0) is 77.3 Å². The first-order valence-electron chi connectivity index (χ1n) is 14.1. The summed E-state index contributed by atoms with van der Waals surface area (Å²) >= 11 is -0.826. The van der Waals surface area contributed by atoms with Gasteiger partial charge in [0.25, 0.3) is 0 Å². The summed E-state index contributed by atoms with van der Waals surface area (Å²) in [6.45, 7) is 16.7. The van der Waals surface area contributed by atoms with Crippen molar-refractivity contribution in [3.8, 4) is 0 Å². The zero-order valence-electron chi connectivity index (χ0n) is 24.5. The Kier molecular flexibility index (Phi) is 12.6. The van der Waals surface area contributed by atoms with Gasteiger partial charge in [0, 0.05) is 15.2 Å². The Bertz CT molecular complexity index is 801. The van der Waals surface area contributed by atoms with Crippen LogP contribution in [-0.2, 0) is 20.8 Å². The van der Waals surface area contributed by atoms with Crippen LogP contribution < -0.4 is 0 Å². The van der Waals surface area contributed by atoms with Crippen molar-refractivity contribution in [2.75, 3.05) is 0 Å². The van der Waals surface area contributed by atoms with Crippen LogP contribution in [0.2, 0.25) is 37.3 Å². The molecule has 5 rings (SSSR count). The van der Waals surface area contributed by atoms with Crippen molar-refractivity contribution >= 4 is 32.2 Å². The van der Waals surface area contributed by atoms with Crippen LogP contribution in [0.4, 0.5) is 0 Å². The molecule has 1 aromatic rings. The molecule has 0 heterocycles. The molecule has 0 aliphatic heterocycles. The molecule has 0 nitrogen and oxygen atoms in total. The number of hydrogen-bond acceptors (Lipinski definition) is 0. The van der Waals surface area contributed by atoms with Crippen molar-refractivity contribution < 1.29 is 20.8 Å². The van der Waals surface area contributed by atoms with Gasteiger partial charge in [-0.25, -0.2) is 0 Å². The van der Waals surface area contributed by atoms with E-state index in [1.165, 1.54) is 32.1 Å². The third-order valence-corrected chi connectivity index (χ3v) is 32.6. The molecule has 9 atom stereocenters. The van der Waals surface area contributed by atoms with Crippen LogP contribution in [0.25, 0.3) is 0 Å². The van der Waals surface area contributed by atoms with Crippen LogP contribution in [0.5, 0.6) is 0 Å². The summed E-state index contributed by atoms with van der Waals surface area (Å²) in [6.07, 6.45) is 12.3. The number of rotatable bonds is 4. The maximum absolute atomic E-state index is 4.93. The Morgan fingerprint density at radius 3 is 1.97 bits per heavy atom. The van der Waals surface area contributed by atoms with Crippen molar-refractivity contribution in [1.29, 1.82) is 0 Å². The van der Waals surface area contributed by atoms with E-state index in [2.05, 4.69) is 70.4 Å². The van der Waals surface area contributed by atoms with Gasteiger partial charge < -0.3 is 14.9 Å². The molecule has 1 aromatic carbocycles. The summed E-state index contributed by atoms with van der Waals surface area (Å²) in [7, 11) is 7.35. The van der Waals surface area contributed by atoms with Crippen LogP contribution in [0.15, 0.2) is 30.3 Å². The first-order chi connectivity index (χ1) is 16.1. The minimum atomic E-state index is -1.30. The predicted molar refractivity (Wildman–Crippen MR) is 165 cm³/mol. The zero-order chi connectivity index (χ0) is 24.7. The van der Waals surface area contributed by atoms with E-state index < -0.39 is 36.0 Å². The van der Waals surface area contributed by atoms with E-state index in [9.17, 15) is 0 Å². The Morgan fingerprint density at radius 1 is 0.750 bits per heavy atom. The van der Waals surface area contributed by atoms with Gasteiger partial charge in [-0.2, -0.15) is 0 Å². The first-order valence-corrected chi connectivity index (χ1v) is 27.6. The fourth-order valence-corrected chi connectivity index (χ4v) is 24.7. The third kappa shape index (κ3) is 6.21. The Labute approximate surface area is 246 Å². The molecule has 4 aliphatic rings. The van der Waals surface area contributed by atoms with Crippen LogP contribution in [0.1, 0.15) is 76.7 Å². The number of fused-ring (bicyclic) bond motifs is 2. The third-order valence-electron chi connectivity index (χ3n) is 11.9. The Hall–Kier alpha value is 1.12. The normalized spacial score (nSPS) is 37.4. The summed E-state index contributed by atoms with van der Waals surface area (Å²) in [5, 5.41) is 0. The van der Waals surface area contributed by atoms with E-state index in [1.807, 2.05) is 0 Å². The summed E-state index contributed by atoms with van der Waals surface area (Å²) in [5.74, 6) is 6.84. The fraction of sp³-hybridized carbons (Fsp3) is 0.742. The molecule has 9 unspecified atom stereocenters. The maximum atomic E-state index is 4.93. The molecular formula is C31H54Cl2Si2Zr. The monoisotopic (exact) mass is 642 g/mol. The molecule has 0 aromatic heterocycles. The van der Waals surface area contributed by atoms with Crippen LogP contribution in [0.3, 0.4) is 0 Å². The second-order valence-corrected chi connectivity index (χ2v) is 33.6. The standard InChI is InChI=1S/C29H48Si2.2CH3.2ClH.Zr/c1-20-15-16-24(17-20)30(3,4)31(5,6)29-21(2)18-26-27(29)19-23-13-10-14-25(23)28(26)22-11-8-7-9-12-22;;;;;/h7-9,11-12,20-21,23-29H,10,13-19H2,1-6H3;2*1H3;2*1H;/q;2*-1;;;+4/p-2. The van der Waals surface area contributed by atoms with Gasteiger partial charge in [-0.15, -0.1) is 0 Å². The van der Waals surface area contributed by atoms with Crippen LogP contribution in [-0.4, -0.2) is 15.2 Å². The van der Waals surface area contributed by atoms with E-state index in [4.69, 9.17) is 17.0 Å². The molecule has 0 radical (unpaired) electrons. The predicted octanol–water partition coefficient (Wildman–Crippen LogP) is 11.2.